The van der Waals surface area contributed by atoms with E-state index in [1.807, 2.05) is 0 Å². The zero-order chi connectivity index (χ0) is 10.3. The topological polar surface area (TPSA) is 63.1 Å². The summed E-state index contributed by atoms with van der Waals surface area (Å²) in [5.41, 5.74) is 0.363. The van der Waals surface area contributed by atoms with Crippen LogP contribution in [0.1, 0.15) is 17.3 Å². The number of oxazole rings is 1. The van der Waals surface area contributed by atoms with Gasteiger partial charge in [-0.25, -0.2) is 9.18 Å². The highest BCUT2D eigenvalue weighted by Crippen LogP contribution is 2.18. The highest BCUT2D eigenvalue weighted by Gasteiger charge is 2.12. The first-order valence-electron chi connectivity index (χ1n) is 3.91. The molecule has 5 heteroatoms. The van der Waals surface area contributed by atoms with E-state index in [2.05, 4.69) is 4.98 Å². The lowest BCUT2D eigenvalue weighted by Gasteiger charge is -1.95. The minimum atomic E-state index is -0.701. The molecule has 0 bridgehead atoms. The fourth-order valence-electron chi connectivity index (χ4n) is 1.29. The Morgan fingerprint density at radius 2 is 2.21 bits per heavy atom. The zero-order valence-electron chi connectivity index (χ0n) is 7.26. The average Bonchev–Trinajstić information content (AvgIpc) is 2.42. The van der Waals surface area contributed by atoms with Crippen LogP contribution in [0.4, 0.5) is 4.39 Å². The third kappa shape index (κ3) is 1.22. The maximum atomic E-state index is 13.0. The predicted octanol–water partition coefficient (Wildman–Crippen LogP) is 1.46. The number of Topliss-reactive ketones (excluding diaryl/α,β-unsaturated/α-hetero) is 1. The highest BCUT2D eigenvalue weighted by atomic mass is 19.1. The Hall–Kier alpha value is -1.91. The van der Waals surface area contributed by atoms with Crippen LogP contribution in [-0.4, -0.2) is 10.8 Å². The molecule has 1 aromatic heterocycles. The van der Waals surface area contributed by atoms with Gasteiger partial charge in [0.05, 0.1) is 11.1 Å². The van der Waals surface area contributed by atoms with Crippen molar-refractivity contribution in [3.63, 3.8) is 0 Å². The molecule has 2 aromatic rings. The third-order valence-electron chi connectivity index (χ3n) is 1.86. The quantitative estimate of drug-likeness (QED) is 0.700. The fourth-order valence-corrected chi connectivity index (χ4v) is 1.29. The van der Waals surface area contributed by atoms with Crippen molar-refractivity contribution in [1.29, 1.82) is 0 Å². The molecule has 0 saturated heterocycles. The van der Waals surface area contributed by atoms with Crippen LogP contribution in [0, 0.1) is 5.82 Å². The van der Waals surface area contributed by atoms with Gasteiger partial charge in [-0.3, -0.25) is 9.78 Å². The summed E-state index contributed by atoms with van der Waals surface area (Å²) in [4.78, 5) is 24.2. The summed E-state index contributed by atoms with van der Waals surface area (Å²) in [7, 11) is 0. The number of carbonyl (C=O) groups is 1. The van der Waals surface area contributed by atoms with Crippen molar-refractivity contribution in [2.45, 2.75) is 6.92 Å². The molecule has 0 atom stereocenters. The van der Waals surface area contributed by atoms with E-state index in [4.69, 9.17) is 4.42 Å². The number of fused-ring (bicyclic) bond motifs is 1. The molecule has 2 rings (SSSR count). The number of rotatable bonds is 1. The molecule has 0 spiro atoms. The molecule has 72 valence electrons. The zero-order valence-corrected chi connectivity index (χ0v) is 7.26. The predicted molar refractivity (Wildman–Crippen MR) is 46.8 cm³/mol. The Morgan fingerprint density at radius 1 is 1.50 bits per heavy atom. The van der Waals surface area contributed by atoms with E-state index in [-0.39, 0.29) is 22.4 Å². The molecular weight excluding hydrogens is 189 g/mol. The maximum Gasteiger partial charge on any atom is 0.417 e. The van der Waals surface area contributed by atoms with Crippen LogP contribution in [0.2, 0.25) is 0 Å². The number of aromatic nitrogens is 1. The Labute approximate surface area is 77.3 Å². The first-order valence-corrected chi connectivity index (χ1v) is 3.91. The summed E-state index contributed by atoms with van der Waals surface area (Å²) in [6.07, 6.45) is 0. The van der Waals surface area contributed by atoms with E-state index in [0.717, 1.165) is 12.1 Å². The van der Waals surface area contributed by atoms with Crippen LogP contribution in [-0.2, 0) is 0 Å². The van der Waals surface area contributed by atoms with Crippen molar-refractivity contribution in [2.75, 3.05) is 0 Å². The number of H-pyrrole nitrogens is 1. The van der Waals surface area contributed by atoms with Crippen molar-refractivity contribution in [3.8, 4) is 0 Å². The second kappa shape index (κ2) is 2.80. The molecule has 0 fully saturated rings. The number of hydrogen-bond donors (Lipinski definition) is 1. The van der Waals surface area contributed by atoms with Crippen LogP contribution >= 0.6 is 0 Å². The van der Waals surface area contributed by atoms with Crippen LogP contribution in [0.15, 0.2) is 21.3 Å². The minimum absolute atomic E-state index is 0.0679. The van der Waals surface area contributed by atoms with E-state index in [1.54, 1.807) is 0 Å². The second-order valence-corrected chi connectivity index (χ2v) is 2.90. The number of carbonyl (C=O) groups excluding carboxylic acids is 1. The molecule has 0 saturated carbocycles. The molecule has 0 aliphatic rings. The summed E-state index contributed by atoms with van der Waals surface area (Å²) in [6, 6.07) is 2.15. The number of nitrogens with one attached hydrogen (secondary N) is 1. The summed E-state index contributed by atoms with van der Waals surface area (Å²) >= 11 is 0. The molecule has 1 N–H and O–H groups in total. The van der Waals surface area contributed by atoms with Crippen molar-refractivity contribution in [1.82, 2.24) is 4.98 Å². The van der Waals surface area contributed by atoms with Crippen LogP contribution < -0.4 is 5.76 Å². The number of aromatic amines is 1. The largest absolute Gasteiger partial charge is 0.417 e. The molecule has 14 heavy (non-hydrogen) atoms. The van der Waals surface area contributed by atoms with E-state index in [9.17, 15) is 14.0 Å². The monoisotopic (exact) mass is 195 g/mol. The molecule has 0 amide bonds. The van der Waals surface area contributed by atoms with Gasteiger partial charge in [0, 0.05) is 6.07 Å². The van der Waals surface area contributed by atoms with Gasteiger partial charge in [-0.05, 0) is 13.0 Å². The average molecular weight is 195 g/mol. The Balaban J connectivity index is 2.92. The lowest BCUT2D eigenvalue weighted by molar-refractivity contribution is 0.101. The highest BCUT2D eigenvalue weighted by molar-refractivity contribution is 6.03. The van der Waals surface area contributed by atoms with Gasteiger partial charge in [0.1, 0.15) is 5.82 Å². The van der Waals surface area contributed by atoms with Crippen molar-refractivity contribution < 1.29 is 13.6 Å². The molecule has 1 heterocycles. The van der Waals surface area contributed by atoms with Crippen molar-refractivity contribution in [3.05, 3.63) is 34.1 Å². The van der Waals surface area contributed by atoms with Gasteiger partial charge in [0.2, 0.25) is 0 Å². The number of ketones is 1. The molecule has 4 nitrogen and oxygen atoms in total. The van der Waals surface area contributed by atoms with Gasteiger partial charge in [-0.15, -0.1) is 0 Å². The van der Waals surface area contributed by atoms with Crippen molar-refractivity contribution in [2.24, 2.45) is 0 Å². The number of hydrogen-bond acceptors (Lipinski definition) is 3. The van der Waals surface area contributed by atoms with Gasteiger partial charge in [-0.1, -0.05) is 0 Å². The molecule has 0 aliphatic carbocycles. The molecular formula is C9H6FNO3. The van der Waals surface area contributed by atoms with E-state index < -0.39 is 11.6 Å². The Kier molecular flexibility index (Phi) is 1.73. The second-order valence-electron chi connectivity index (χ2n) is 2.90. The van der Waals surface area contributed by atoms with Crippen LogP contribution in [0.3, 0.4) is 0 Å². The van der Waals surface area contributed by atoms with E-state index in [1.165, 1.54) is 6.92 Å². The van der Waals surface area contributed by atoms with Gasteiger partial charge in [0.25, 0.3) is 0 Å². The van der Waals surface area contributed by atoms with Crippen molar-refractivity contribution >= 4 is 16.9 Å². The first kappa shape index (κ1) is 8.68. The summed E-state index contributed by atoms with van der Waals surface area (Å²) in [5.74, 6) is -1.63. The summed E-state index contributed by atoms with van der Waals surface area (Å²) < 4.78 is 17.7. The van der Waals surface area contributed by atoms with E-state index >= 15 is 0 Å². The molecule has 0 radical (unpaired) electrons. The summed E-state index contributed by atoms with van der Waals surface area (Å²) in [6.45, 7) is 1.28. The Bertz CT molecular complexity index is 567. The standard InChI is InChI=1S/C9H6FNO3/c1-4(12)6-2-5(10)3-7-8(6)14-9(13)11-7/h2-3H,1H3,(H,11,13). The normalized spacial score (nSPS) is 10.7. The first-order chi connectivity index (χ1) is 6.58. The molecule has 0 aliphatic heterocycles. The van der Waals surface area contributed by atoms with Crippen LogP contribution in [0.25, 0.3) is 11.1 Å². The third-order valence-corrected chi connectivity index (χ3v) is 1.86. The van der Waals surface area contributed by atoms with Gasteiger partial charge < -0.3 is 4.42 Å². The summed E-state index contributed by atoms with van der Waals surface area (Å²) in [5, 5.41) is 0. The molecule has 0 unspecified atom stereocenters. The SMILES string of the molecule is CC(=O)c1cc(F)cc2[nH]c(=O)oc12. The lowest BCUT2D eigenvalue weighted by Crippen LogP contribution is -1.93. The number of benzene rings is 1. The lowest BCUT2D eigenvalue weighted by atomic mass is 10.1. The number of halogens is 1. The fraction of sp³-hybridized carbons (Fsp3) is 0.111. The maximum absolute atomic E-state index is 13.0. The smallest absolute Gasteiger partial charge is 0.407 e. The Morgan fingerprint density at radius 3 is 2.86 bits per heavy atom. The molecule has 1 aromatic carbocycles. The van der Waals surface area contributed by atoms with Crippen LogP contribution in [0.5, 0.6) is 0 Å². The minimum Gasteiger partial charge on any atom is -0.407 e. The van der Waals surface area contributed by atoms with E-state index in [0.29, 0.717) is 0 Å². The van der Waals surface area contributed by atoms with Gasteiger partial charge in [-0.2, -0.15) is 0 Å². The van der Waals surface area contributed by atoms with Gasteiger partial charge >= 0.3 is 5.76 Å². The van der Waals surface area contributed by atoms with Gasteiger partial charge in [0.15, 0.2) is 11.4 Å².